The summed E-state index contributed by atoms with van der Waals surface area (Å²) in [7, 11) is 1.57. The standard InChI is InChI=1S/C26H28N4O4/c1-18-15-24(34-23-11-6-19-12-14-28(32)17-20(19)16-23)26(31)30(18)22-9-7-21(8-10-22)29-13-4-3-5-25(29)27-33-2/h6-12,14,16-18,24H,3-5,13,15H2,1-2H3/b27-25+/t18?,24-/m0/s1. The average Bonchev–Trinajstić information content (AvgIpc) is 3.12. The number of ether oxygens (including phenoxy) is 1. The summed E-state index contributed by atoms with van der Waals surface area (Å²) < 4.78 is 6.84. The SMILES string of the molecule is CO/N=C1\CCCCN1c1ccc(N2C(=O)[C@@H](Oc3ccc4cc[n+]([O-])cc4c3)CC2C)cc1. The lowest BCUT2D eigenvalue weighted by molar-refractivity contribution is -0.603. The van der Waals surface area contributed by atoms with E-state index in [2.05, 4.69) is 10.1 Å². The molecule has 5 rings (SSSR count). The Bertz CT molecular complexity index is 1230. The molecule has 0 spiro atoms. The van der Waals surface area contributed by atoms with Crippen LogP contribution in [-0.2, 0) is 9.63 Å². The van der Waals surface area contributed by atoms with Crippen molar-refractivity contribution in [1.82, 2.24) is 0 Å². The van der Waals surface area contributed by atoms with Crippen molar-refractivity contribution in [2.24, 2.45) is 5.16 Å². The van der Waals surface area contributed by atoms with E-state index in [9.17, 15) is 10.0 Å². The number of amides is 1. The quantitative estimate of drug-likeness (QED) is 0.327. The number of piperidine rings is 1. The maximum Gasteiger partial charge on any atom is 0.268 e. The molecule has 8 heteroatoms. The third kappa shape index (κ3) is 4.23. The maximum absolute atomic E-state index is 13.3. The molecule has 8 nitrogen and oxygen atoms in total. The number of aromatic nitrogens is 1. The van der Waals surface area contributed by atoms with Crippen LogP contribution >= 0.6 is 0 Å². The van der Waals surface area contributed by atoms with Crippen molar-refractivity contribution in [3.8, 4) is 5.75 Å². The largest absolute Gasteiger partial charge is 0.619 e. The first-order chi connectivity index (χ1) is 16.5. The fourth-order valence-electron chi connectivity index (χ4n) is 4.85. The molecule has 1 aromatic heterocycles. The predicted octanol–water partition coefficient (Wildman–Crippen LogP) is 4.00. The first-order valence-electron chi connectivity index (χ1n) is 11.6. The summed E-state index contributed by atoms with van der Waals surface area (Å²) in [5, 5.41) is 17.5. The molecule has 34 heavy (non-hydrogen) atoms. The lowest BCUT2D eigenvalue weighted by Crippen LogP contribution is -2.36. The summed E-state index contributed by atoms with van der Waals surface area (Å²) in [4.78, 5) is 22.3. The van der Waals surface area contributed by atoms with Gasteiger partial charge in [0.15, 0.2) is 18.5 Å². The number of benzene rings is 2. The second-order valence-electron chi connectivity index (χ2n) is 8.81. The van der Waals surface area contributed by atoms with Crippen LogP contribution in [0.4, 0.5) is 11.4 Å². The number of carbonyl (C=O) groups excluding carboxylic acids is 1. The van der Waals surface area contributed by atoms with Gasteiger partial charge in [-0.2, -0.15) is 4.73 Å². The second-order valence-corrected chi connectivity index (χ2v) is 8.81. The number of hydrogen-bond donors (Lipinski definition) is 0. The molecule has 2 atom stereocenters. The predicted molar refractivity (Wildman–Crippen MR) is 131 cm³/mol. The van der Waals surface area contributed by atoms with Gasteiger partial charge in [-0.3, -0.25) is 4.79 Å². The first kappa shape index (κ1) is 22.0. The van der Waals surface area contributed by atoms with Gasteiger partial charge in [0.25, 0.3) is 5.91 Å². The van der Waals surface area contributed by atoms with Crippen molar-refractivity contribution in [2.45, 2.75) is 44.8 Å². The molecule has 0 radical (unpaired) electrons. The smallest absolute Gasteiger partial charge is 0.268 e. The Balaban J connectivity index is 1.32. The van der Waals surface area contributed by atoms with Gasteiger partial charge < -0.3 is 24.6 Å². The van der Waals surface area contributed by atoms with Crippen LogP contribution in [0.25, 0.3) is 10.8 Å². The normalized spacial score (nSPS) is 21.9. The highest BCUT2D eigenvalue weighted by molar-refractivity contribution is 6.01. The highest BCUT2D eigenvalue weighted by Crippen LogP contribution is 2.32. The highest BCUT2D eigenvalue weighted by Gasteiger charge is 2.39. The lowest BCUT2D eigenvalue weighted by Gasteiger charge is -2.30. The van der Waals surface area contributed by atoms with Gasteiger partial charge in [0.05, 0.1) is 5.39 Å². The van der Waals surface area contributed by atoms with Crippen molar-refractivity contribution >= 4 is 33.9 Å². The number of oxime groups is 1. The first-order valence-corrected chi connectivity index (χ1v) is 11.6. The Morgan fingerprint density at radius 2 is 1.85 bits per heavy atom. The van der Waals surface area contributed by atoms with Gasteiger partial charge in [0.1, 0.15) is 18.7 Å². The molecule has 2 aliphatic rings. The Morgan fingerprint density at radius 3 is 2.65 bits per heavy atom. The molecule has 2 fully saturated rings. The zero-order valence-electron chi connectivity index (χ0n) is 19.4. The van der Waals surface area contributed by atoms with Crippen LogP contribution in [0.5, 0.6) is 5.75 Å². The Labute approximate surface area is 198 Å². The molecule has 2 saturated heterocycles. The van der Waals surface area contributed by atoms with Crippen molar-refractivity contribution < 1.29 is 19.1 Å². The summed E-state index contributed by atoms with van der Waals surface area (Å²) in [6.07, 6.45) is 6.08. The van der Waals surface area contributed by atoms with Crippen molar-refractivity contribution in [3.63, 3.8) is 0 Å². The van der Waals surface area contributed by atoms with E-state index in [-0.39, 0.29) is 11.9 Å². The van der Waals surface area contributed by atoms with Gasteiger partial charge >= 0.3 is 0 Å². The lowest BCUT2D eigenvalue weighted by atomic mass is 10.1. The summed E-state index contributed by atoms with van der Waals surface area (Å²) in [6.45, 7) is 2.93. The molecule has 0 aliphatic carbocycles. The third-order valence-electron chi connectivity index (χ3n) is 6.49. The number of hydrogen-bond acceptors (Lipinski definition) is 5. The second kappa shape index (κ2) is 9.21. The minimum atomic E-state index is -0.572. The monoisotopic (exact) mass is 460 g/mol. The van der Waals surface area contributed by atoms with E-state index in [0.29, 0.717) is 12.2 Å². The Hall–Kier alpha value is -3.81. The molecule has 2 aromatic carbocycles. The molecule has 1 amide bonds. The molecule has 3 aromatic rings. The molecular formula is C26H28N4O4. The maximum atomic E-state index is 13.3. The number of fused-ring (bicyclic) bond motifs is 1. The molecule has 1 unspecified atom stereocenters. The van der Waals surface area contributed by atoms with Gasteiger partial charge in [-0.25, -0.2) is 0 Å². The summed E-state index contributed by atoms with van der Waals surface area (Å²) in [5.74, 6) is 1.45. The van der Waals surface area contributed by atoms with Gasteiger partial charge in [-0.15, -0.1) is 0 Å². The fourth-order valence-corrected chi connectivity index (χ4v) is 4.85. The number of anilines is 2. The van der Waals surface area contributed by atoms with Gasteiger partial charge in [0.2, 0.25) is 0 Å². The summed E-state index contributed by atoms with van der Waals surface area (Å²) in [5.41, 5.74) is 1.89. The van der Waals surface area contributed by atoms with E-state index in [4.69, 9.17) is 9.57 Å². The van der Waals surface area contributed by atoms with Crippen LogP contribution in [-0.4, -0.2) is 37.5 Å². The minimum absolute atomic E-state index is 0.00760. The number of pyridine rings is 1. The summed E-state index contributed by atoms with van der Waals surface area (Å²) >= 11 is 0. The Kier molecular flexibility index (Phi) is 5.96. The molecule has 0 saturated carbocycles. The van der Waals surface area contributed by atoms with E-state index < -0.39 is 6.10 Å². The highest BCUT2D eigenvalue weighted by atomic mass is 16.6. The van der Waals surface area contributed by atoms with E-state index >= 15 is 0 Å². The molecule has 0 bridgehead atoms. The van der Waals surface area contributed by atoms with Crippen LogP contribution < -0.4 is 19.3 Å². The average molecular weight is 461 g/mol. The molecule has 0 N–H and O–H groups in total. The number of nitrogens with zero attached hydrogens (tertiary/aromatic N) is 4. The number of carbonyl (C=O) groups is 1. The molecule has 176 valence electrons. The van der Waals surface area contributed by atoms with Gasteiger partial charge in [-0.1, -0.05) is 11.2 Å². The van der Waals surface area contributed by atoms with Gasteiger partial charge in [0, 0.05) is 42.9 Å². The van der Waals surface area contributed by atoms with Crippen molar-refractivity contribution in [3.05, 3.63) is 66.1 Å². The van der Waals surface area contributed by atoms with Crippen molar-refractivity contribution in [2.75, 3.05) is 23.5 Å². The minimum Gasteiger partial charge on any atom is -0.619 e. The van der Waals surface area contributed by atoms with Crippen LogP contribution in [0.3, 0.4) is 0 Å². The van der Waals surface area contributed by atoms with E-state index in [1.54, 1.807) is 24.1 Å². The zero-order valence-corrected chi connectivity index (χ0v) is 19.4. The van der Waals surface area contributed by atoms with E-state index in [0.717, 1.165) is 58.5 Å². The number of amidine groups is 1. The van der Waals surface area contributed by atoms with Gasteiger partial charge in [-0.05, 0) is 61.5 Å². The van der Waals surface area contributed by atoms with Crippen LogP contribution in [0.15, 0.2) is 66.1 Å². The van der Waals surface area contributed by atoms with Crippen LogP contribution in [0.2, 0.25) is 0 Å². The van der Waals surface area contributed by atoms with Crippen molar-refractivity contribution in [1.29, 1.82) is 0 Å². The zero-order chi connectivity index (χ0) is 23.7. The van der Waals surface area contributed by atoms with Crippen LogP contribution in [0.1, 0.15) is 32.6 Å². The molecule has 3 heterocycles. The van der Waals surface area contributed by atoms with Crippen LogP contribution in [0, 0.1) is 5.21 Å². The Morgan fingerprint density at radius 1 is 1.06 bits per heavy atom. The third-order valence-corrected chi connectivity index (χ3v) is 6.49. The topological polar surface area (TPSA) is 81.3 Å². The van der Waals surface area contributed by atoms with E-state index in [1.165, 1.54) is 12.4 Å². The number of rotatable bonds is 5. The molecular weight excluding hydrogens is 432 g/mol. The van der Waals surface area contributed by atoms with E-state index in [1.807, 2.05) is 43.3 Å². The molecule has 2 aliphatic heterocycles. The summed E-state index contributed by atoms with van der Waals surface area (Å²) in [6, 6.07) is 15.3. The fraction of sp³-hybridized carbons (Fsp3) is 0.346.